The lowest BCUT2D eigenvalue weighted by Gasteiger charge is -2.12. The van der Waals surface area contributed by atoms with E-state index in [2.05, 4.69) is 15.3 Å². The van der Waals surface area contributed by atoms with Crippen LogP contribution in [-0.2, 0) is 38.2 Å². The second-order valence-corrected chi connectivity index (χ2v) is 6.00. The molecule has 0 radical (unpaired) electrons. The van der Waals surface area contributed by atoms with E-state index in [0.29, 0.717) is 25.1 Å². The van der Waals surface area contributed by atoms with Crippen molar-refractivity contribution in [1.82, 2.24) is 15.2 Å². The number of aromatic nitrogens is 2. The van der Waals surface area contributed by atoms with Crippen LogP contribution in [0.15, 0.2) is 0 Å². The molecule has 1 aliphatic rings. The standard InChI is InChI=1S/C13H17F3N2O2.C4H10N2O2.ClH/c1-3-8-5-6-9-11(8)17-18(7-10(19)20-4-2)12(9)13(14,15)16;1-2-8-4(7)3-6-5;/h8H,3-7H2,1-2H3;6H,2-3,5H2,1H3;1H. The lowest BCUT2D eigenvalue weighted by molar-refractivity contribution is -0.150. The van der Waals surface area contributed by atoms with Crippen LogP contribution in [0.3, 0.4) is 0 Å². The van der Waals surface area contributed by atoms with E-state index in [1.807, 2.05) is 6.92 Å². The number of nitrogens with two attached hydrogens (primary N) is 1. The highest BCUT2D eigenvalue weighted by atomic mass is 35.5. The number of ether oxygens (including phenoxy) is 2. The topological polar surface area (TPSA) is 108 Å². The molecule has 2 rings (SSSR count). The minimum Gasteiger partial charge on any atom is -0.465 e. The number of nitrogens with zero attached hydrogens (tertiary/aromatic N) is 2. The Kier molecular flexibility index (Phi) is 11.8. The van der Waals surface area contributed by atoms with Crippen molar-refractivity contribution >= 4 is 24.3 Å². The van der Waals surface area contributed by atoms with Crippen LogP contribution >= 0.6 is 12.4 Å². The number of esters is 2. The normalized spacial score (nSPS) is 14.9. The summed E-state index contributed by atoms with van der Waals surface area (Å²) in [6, 6.07) is 0. The Hall–Kier alpha value is -1.85. The fraction of sp³-hybridized carbons (Fsp3) is 0.706. The van der Waals surface area contributed by atoms with Gasteiger partial charge in [-0.2, -0.15) is 18.3 Å². The van der Waals surface area contributed by atoms with Gasteiger partial charge < -0.3 is 9.47 Å². The zero-order valence-electron chi connectivity index (χ0n) is 16.7. The first-order valence-corrected chi connectivity index (χ1v) is 9.10. The second-order valence-electron chi connectivity index (χ2n) is 6.00. The lowest BCUT2D eigenvalue weighted by atomic mass is 10.1. The molecule has 0 saturated carbocycles. The number of fused-ring (bicyclic) bond motifs is 1. The predicted octanol–water partition coefficient (Wildman–Crippen LogP) is 2.34. The molecular formula is C17H28ClF3N4O4. The van der Waals surface area contributed by atoms with Gasteiger partial charge in [0.25, 0.3) is 0 Å². The Morgan fingerprint density at radius 2 is 1.79 bits per heavy atom. The zero-order chi connectivity index (χ0) is 21.3. The number of hydrogen-bond donors (Lipinski definition) is 2. The van der Waals surface area contributed by atoms with E-state index in [0.717, 1.165) is 11.1 Å². The molecule has 1 aromatic rings. The van der Waals surface area contributed by atoms with E-state index in [4.69, 9.17) is 10.6 Å². The Labute approximate surface area is 173 Å². The van der Waals surface area contributed by atoms with Gasteiger partial charge >= 0.3 is 18.1 Å². The molecule has 168 valence electrons. The molecule has 1 heterocycles. The summed E-state index contributed by atoms with van der Waals surface area (Å²) in [6.45, 7) is 5.41. The minimum absolute atomic E-state index is 0. The first-order chi connectivity index (χ1) is 13.2. The third-order valence-electron chi connectivity index (χ3n) is 4.11. The summed E-state index contributed by atoms with van der Waals surface area (Å²) < 4.78 is 49.5. The summed E-state index contributed by atoms with van der Waals surface area (Å²) in [5.41, 5.74) is 2.12. The highest BCUT2D eigenvalue weighted by Crippen LogP contribution is 2.42. The molecule has 0 saturated heterocycles. The monoisotopic (exact) mass is 444 g/mol. The van der Waals surface area contributed by atoms with E-state index in [9.17, 15) is 22.8 Å². The maximum Gasteiger partial charge on any atom is 0.433 e. The molecule has 1 aromatic heterocycles. The average Bonchev–Trinajstić information content (AvgIpc) is 3.13. The summed E-state index contributed by atoms with van der Waals surface area (Å²) in [5, 5.41) is 4.03. The molecule has 1 aliphatic carbocycles. The van der Waals surface area contributed by atoms with Crippen molar-refractivity contribution in [3.63, 3.8) is 0 Å². The first-order valence-electron chi connectivity index (χ1n) is 9.10. The van der Waals surface area contributed by atoms with Gasteiger partial charge in [0.2, 0.25) is 0 Å². The molecule has 29 heavy (non-hydrogen) atoms. The van der Waals surface area contributed by atoms with Crippen LogP contribution in [0.25, 0.3) is 0 Å². The van der Waals surface area contributed by atoms with Gasteiger partial charge in [-0.1, -0.05) is 6.92 Å². The highest BCUT2D eigenvalue weighted by Gasteiger charge is 2.43. The van der Waals surface area contributed by atoms with Crippen LogP contribution < -0.4 is 11.3 Å². The maximum absolute atomic E-state index is 13.2. The molecule has 12 heteroatoms. The van der Waals surface area contributed by atoms with Gasteiger partial charge in [-0.15, -0.1) is 12.4 Å². The predicted molar refractivity (Wildman–Crippen MR) is 101 cm³/mol. The van der Waals surface area contributed by atoms with Gasteiger partial charge in [-0.3, -0.25) is 15.4 Å². The van der Waals surface area contributed by atoms with Gasteiger partial charge in [-0.05, 0) is 33.1 Å². The van der Waals surface area contributed by atoms with Crippen molar-refractivity contribution < 1.29 is 32.2 Å². The highest BCUT2D eigenvalue weighted by molar-refractivity contribution is 5.85. The second kappa shape index (κ2) is 12.7. The molecular weight excluding hydrogens is 417 g/mol. The van der Waals surface area contributed by atoms with Gasteiger partial charge in [0.1, 0.15) is 18.8 Å². The van der Waals surface area contributed by atoms with Crippen molar-refractivity contribution in [2.24, 2.45) is 5.84 Å². The van der Waals surface area contributed by atoms with Crippen molar-refractivity contribution in [2.45, 2.75) is 58.7 Å². The number of halogens is 4. The molecule has 1 unspecified atom stereocenters. The van der Waals surface area contributed by atoms with E-state index in [1.165, 1.54) is 0 Å². The van der Waals surface area contributed by atoms with E-state index in [-0.39, 0.29) is 43.0 Å². The van der Waals surface area contributed by atoms with Crippen molar-refractivity contribution in [3.05, 3.63) is 17.0 Å². The van der Waals surface area contributed by atoms with E-state index in [1.54, 1.807) is 13.8 Å². The number of alkyl halides is 3. The fourth-order valence-electron chi connectivity index (χ4n) is 3.00. The Balaban J connectivity index is 0.000000747. The first kappa shape index (κ1) is 27.1. The SMILES string of the molecule is CCOC(=O)CNN.CCOC(=O)Cn1nc2c(c1C(F)(F)F)CCC2CC.Cl. The van der Waals surface area contributed by atoms with Gasteiger partial charge in [0.15, 0.2) is 0 Å². The van der Waals surface area contributed by atoms with Crippen LogP contribution in [0.5, 0.6) is 0 Å². The molecule has 0 spiro atoms. The fourth-order valence-corrected chi connectivity index (χ4v) is 3.00. The Morgan fingerprint density at radius 1 is 1.21 bits per heavy atom. The van der Waals surface area contributed by atoms with Crippen LogP contribution in [0, 0.1) is 0 Å². The molecule has 0 fully saturated rings. The largest absolute Gasteiger partial charge is 0.465 e. The number of carbonyl (C=O) groups excluding carboxylic acids is 2. The van der Waals surface area contributed by atoms with Gasteiger partial charge in [-0.25, -0.2) is 10.1 Å². The summed E-state index contributed by atoms with van der Waals surface area (Å²) in [6.07, 6.45) is -2.70. The zero-order valence-corrected chi connectivity index (χ0v) is 17.5. The van der Waals surface area contributed by atoms with Gasteiger partial charge in [0.05, 0.1) is 18.9 Å². The van der Waals surface area contributed by atoms with Crippen molar-refractivity contribution in [1.29, 1.82) is 0 Å². The van der Waals surface area contributed by atoms with E-state index >= 15 is 0 Å². The molecule has 0 bridgehead atoms. The van der Waals surface area contributed by atoms with Crippen LogP contribution in [0.1, 0.15) is 56.5 Å². The maximum atomic E-state index is 13.2. The van der Waals surface area contributed by atoms with E-state index < -0.39 is 24.4 Å². The van der Waals surface area contributed by atoms with Crippen LogP contribution in [0.2, 0.25) is 0 Å². The third-order valence-corrected chi connectivity index (χ3v) is 4.11. The molecule has 0 aliphatic heterocycles. The number of hydrazine groups is 1. The quantitative estimate of drug-likeness (QED) is 0.377. The number of nitrogens with one attached hydrogen (secondary N) is 1. The lowest BCUT2D eigenvalue weighted by Crippen LogP contribution is -2.30. The third kappa shape index (κ3) is 7.82. The Bertz CT molecular complexity index is 660. The van der Waals surface area contributed by atoms with Crippen molar-refractivity contribution in [3.8, 4) is 0 Å². The Morgan fingerprint density at radius 3 is 2.28 bits per heavy atom. The van der Waals surface area contributed by atoms with Crippen LogP contribution in [0.4, 0.5) is 13.2 Å². The summed E-state index contributed by atoms with van der Waals surface area (Å²) in [7, 11) is 0. The molecule has 0 amide bonds. The molecule has 8 nitrogen and oxygen atoms in total. The van der Waals surface area contributed by atoms with Crippen LogP contribution in [-0.4, -0.2) is 41.5 Å². The average molecular weight is 445 g/mol. The minimum atomic E-state index is -4.50. The van der Waals surface area contributed by atoms with Gasteiger partial charge in [0, 0.05) is 11.5 Å². The molecule has 1 atom stereocenters. The van der Waals surface area contributed by atoms with Crippen molar-refractivity contribution in [2.75, 3.05) is 19.8 Å². The molecule has 0 aromatic carbocycles. The number of hydrogen-bond acceptors (Lipinski definition) is 7. The summed E-state index contributed by atoms with van der Waals surface area (Å²) in [4.78, 5) is 21.7. The summed E-state index contributed by atoms with van der Waals surface area (Å²) >= 11 is 0. The smallest absolute Gasteiger partial charge is 0.433 e. The summed E-state index contributed by atoms with van der Waals surface area (Å²) in [5.74, 6) is 3.83. The number of rotatable bonds is 7. The number of carbonyl (C=O) groups is 2. The molecule has 3 N–H and O–H groups in total.